The Morgan fingerprint density at radius 1 is 1.26 bits per heavy atom. The molecule has 0 unspecified atom stereocenters. The van der Waals surface area contributed by atoms with Gasteiger partial charge in [-0.05, 0) is 6.07 Å². The van der Waals surface area contributed by atoms with Crippen molar-refractivity contribution in [1.82, 2.24) is 9.88 Å². The standard InChI is InChI=1S/C16H15F4N3O3S/c17-12-4-2-1-3-11(12)9-23-7-8-27-14(23)22-13(24)5-6-21-15(25)26-10-16(18,19)20/h1-4,7-8H,5-6,9-10H2,(H,21,25). The van der Waals surface area contributed by atoms with Crippen LogP contribution in [-0.4, -0.2) is 35.9 Å². The van der Waals surface area contributed by atoms with E-state index in [4.69, 9.17) is 0 Å². The second-order valence-corrected chi connectivity index (χ2v) is 6.15. The average molecular weight is 405 g/mol. The van der Waals surface area contributed by atoms with Crippen LogP contribution in [0.15, 0.2) is 40.8 Å². The fourth-order valence-electron chi connectivity index (χ4n) is 1.95. The predicted octanol–water partition coefficient (Wildman–Crippen LogP) is 2.84. The van der Waals surface area contributed by atoms with Crippen molar-refractivity contribution in [3.63, 3.8) is 0 Å². The largest absolute Gasteiger partial charge is 0.440 e. The van der Waals surface area contributed by atoms with Crippen molar-refractivity contribution in [3.05, 3.63) is 52.0 Å². The number of halogens is 4. The van der Waals surface area contributed by atoms with E-state index in [2.05, 4.69) is 9.73 Å². The Hall–Kier alpha value is -2.69. The van der Waals surface area contributed by atoms with Crippen LogP contribution >= 0.6 is 11.3 Å². The second-order valence-electron chi connectivity index (χ2n) is 5.28. The number of ether oxygens (including phenoxy) is 1. The van der Waals surface area contributed by atoms with Gasteiger partial charge in [0.05, 0.1) is 6.54 Å². The van der Waals surface area contributed by atoms with E-state index in [-0.39, 0.29) is 25.3 Å². The van der Waals surface area contributed by atoms with Crippen LogP contribution in [0.2, 0.25) is 0 Å². The molecule has 6 nitrogen and oxygen atoms in total. The van der Waals surface area contributed by atoms with E-state index >= 15 is 0 Å². The van der Waals surface area contributed by atoms with E-state index < -0.39 is 24.8 Å². The van der Waals surface area contributed by atoms with Crippen molar-refractivity contribution in [2.45, 2.75) is 19.1 Å². The first kappa shape index (κ1) is 20.6. The highest BCUT2D eigenvalue weighted by atomic mass is 32.1. The summed E-state index contributed by atoms with van der Waals surface area (Å²) in [4.78, 5) is 27.1. The van der Waals surface area contributed by atoms with Crippen LogP contribution in [0, 0.1) is 5.82 Å². The molecule has 0 aliphatic heterocycles. The van der Waals surface area contributed by atoms with E-state index in [1.54, 1.807) is 34.3 Å². The van der Waals surface area contributed by atoms with Crippen LogP contribution in [0.3, 0.4) is 0 Å². The maximum Gasteiger partial charge on any atom is 0.422 e. The molecule has 0 atom stereocenters. The summed E-state index contributed by atoms with van der Waals surface area (Å²) in [5.41, 5.74) is 0.430. The lowest BCUT2D eigenvalue weighted by Gasteiger charge is -2.08. The lowest BCUT2D eigenvalue weighted by molar-refractivity contribution is -0.160. The number of nitrogens with one attached hydrogen (secondary N) is 1. The third-order valence-electron chi connectivity index (χ3n) is 3.15. The number of benzene rings is 1. The zero-order valence-corrected chi connectivity index (χ0v) is 14.6. The molecular formula is C16H15F4N3O3S. The Bertz CT molecular complexity index is 861. The molecule has 2 aromatic rings. The fourth-order valence-corrected chi connectivity index (χ4v) is 2.69. The summed E-state index contributed by atoms with van der Waals surface area (Å²) in [6, 6.07) is 6.20. The second kappa shape index (κ2) is 9.31. The molecule has 0 aliphatic rings. The number of alkyl carbamates (subject to hydrolysis) is 1. The highest BCUT2D eigenvalue weighted by molar-refractivity contribution is 7.07. The Kier molecular flexibility index (Phi) is 7.11. The van der Waals surface area contributed by atoms with Crippen LogP contribution in [0.5, 0.6) is 0 Å². The molecule has 2 rings (SSSR count). The highest BCUT2D eigenvalue weighted by Gasteiger charge is 2.29. The van der Waals surface area contributed by atoms with E-state index in [0.29, 0.717) is 10.4 Å². The van der Waals surface area contributed by atoms with Crippen LogP contribution in [0.4, 0.5) is 22.4 Å². The Morgan fingerprint density at radius 2 is 2.00 bits per heavy atom. The van der Waals surface area contributed by atoms with Crippen molar-refractivity contribution in [1.29, 1.82) is 0 Å². The molecule has 146 valence electrons. The van der Waals surface area contributed by atoms with Gasteiger partial charge in [-0.25, -0.2) is 9.18 Å². The average Bonchev–Trinajstić information content (AvgIpc) is 3.01. The van der Waals surface area contributed by atoms with Crippen LogP contribution in [-0.2, 0) is 16.1 Å². The van der Waals surface area contributed by atoms with Crippen molar-refractivity contribution >= 4 is 23.3 Å². The normalized spacial score (nSPS) is 12.1. The van der Waals surface area contributed by atoms with Crippen LogP contribution in [0.1, 0.15) is 12.0 Å². The first-order valence-electron chi connectivity index (χ1n) is 7.67. The molecule has 0 radical (unpaired) electrons. The lowest BCUT2D eigenvalue weighted by atomic mass is 10.2. The summed E-state index contributed by atoms with van der Waals surface area (Å²) >= 11 is 1.17. The number of hydrogen-bond donors (Lipinski definition) is 1. The summed E-state index contributed by atoms with van der Waals surface area (Å²) in [6.07, 6.45) is -4.46. The molecule has 0 fully saturated rings. The number of carbonyl (C=O) groups is 2. The SMILES string of the molecule is O=C(CCNC(=O)OCC(F)(F)F)N=c1sccn1Cc1ccccc1F. The summed E-state index contributed by atoms with van der Waals surface area (Å²) in [6.45, 7) is -1.75. The van der Waals surface area contributed by atoms with E-state index in [1.165, 1.54) is 17.4 Å². The van der Waals surface area contributed by atoms with Gasteiger partial charge in [0.2, 0.25) is 5.91 Å². The molecule has 11 heteroatoms. The molecular weight excluding hydrogens is 390 g/mol. The van der Waals surface area contributed by atoms with E-state index in [0.717, 1.165) is 0 Å². The molecule has 27 heavy (non-hydrogen) atoms. The number of nitrogens with zero attached hydrogens (tertiary/aromatic N) is 2. The number of aromatic nitrogens is 1. The third-order valence-corrected chi connectivity index (χ3v) is 3.95. The molecule has 0 spiro atoms. The number of hydrogen-bond acceptors (Lipinski definition) is 4. The van der Waals surface area contributed by atoms with Gasteiger partial charge in [0.25, 0.3) is 0 Å². The molecule has 0 bridgehead atoms. The van der Waals surface area contributed by atoms with Crippen molar-refractivity contribution in [2.24, 2.45) is 4.99 Å². The van der Waals surface area contributed by atoms with Crippen LogP contribution < -0.4 is 10.1 Å². The zero-order chi connectivity index (χ0) is 19.9. The Balaban J connectivity index is 1.88. The zero-order valence-electron chi connectivity index (χ0n) is 13.8. The highest BCUT2D eigenvalue weighted by Crippen LogP contribution is 2.14. The van der Waals surface area contributed by atoms with Gasteiger partial charge in [-0.2, -0.15) is 18.2 Å². The minimum absolute atomic E-state index is 0.185. The number of alkyl halides is 3. The van der Waals surface area contributed by atoms with Gasteiger partial charge in [-0.15, -0.1) is 11.3 Å². The Morgan fingerprint density at radius 3 is 2.70 bits per heavy atom. The Labute approximate surface area is 155 Å². The number of thiazole rings is 1. The molecule has 0 saturated carbocycles. The third kappa shape index (κ3) is 7.21. The predicted molar refractivity (Wildman–Crippen MR) is 88.4 cm³/mol. The molecule has 0 aliphatic carbocycles. The first-order valence-corrected chi connectivity index (χ1v) is 8.55. The number of rotatable bonds is 6. The van der Waals surface area contributed by atoms with Crippen molar-refractivity contribution in [3.8, 4) is 0 Å². The minimum atomic E-state index is -4.62. The molecule has 1 heterocycles. The van der Waals surface area contributed by atoms with Crippen molar-refractivity contribution < 1.29 is 31.9 Å². The molecule has 1 aromatic heterocycles. The van der Waals surface area contributed by atoms with Crippen molar-refractivity contribution in [2.75, 3.05) is 13.2 Å². The first-order chi connectivity index (χ1) is 12.7. The number of carbonyl (C=O) groups excluding carboxylic acids is 2. The number of amides is 2. The quantitative estimate of drug-likeness (QED) is 0.752. The summed E-state index contributed by atoms with van der Waals surface area (Å²) < 4.78 is 54.9. The van der Waals surface area contributed by atoms with Gasteiger partial charge in [0, 0.05) is 30.1 Å². The van der Waals surface area contributed by atoms with E-state index in [9.17, 15) is 27.2 Å². The van der Waals surface area contributed by atoms with Crippen LogP contribution in [0.25, 0.3) is 0 Å². The summed E-state index contributed by atoms with van der Waals surface area (Å²) in [5.74, 6) is -0.967. The smallest absolute Gasteiger partial charge is 0.422 e. The molecule has 2 amide bonds. The van der Waals surface area contributed by atoms with Gasteiger partial charge in [0.15, 0.2) is 11.4 Å². The summed E-state index contributed by atoms with van der Waals surface area (Å²) in [7, 11) is 0. The maximum absolute atomic E-state index is 13.7. The molecule has 1 aromatic carbocycles. The van der Waals surface area contributed by atoms with E-state index in [1.807, 2.05) is 5.32 Å². The van der Waals surface area contributed by atoms with Gasteiger partial charge in [0.1, 0.15) is 5.82 Å². The monoisotopic (exact) mass is 405 g/mol. The van der Waals surface area contributed by atoms with Gasteiger partial charge in [-0.1, -0.05) is 18.2 Å². The lowest BCUT2D eigenvalue weighted by Crippen LogP contribution is -2.30. The van der Waals surface area contributed by atoms with Gasteiger partial charge in [-0.3, -0.25) is 4.79 Å². The minimum Gasteiger partial charge on any atom is -0.440 e. The maximum atomic E-state index is 13.7. The molecule has 1 N–H and O–H groups in total. The molecule has 0 saturated heterocycles. The summed E-state index contributed by atoms with van der Waals surface area (Å²) in [5, 5.41) is 3.71. The fraction of sp³-hybridized carbons (Fsp3) is 0.312. The topological polar surface area (TPSA) is 72.7 Å². The van der Waals surface area contributed by atoms with Gasteiger partial charge >= 0.3 is 12.3 Å². The van der Waals surface area contributed by atoms with Gasteiger partial charge < -0.3 is 14.6 Å².